The van der Waals surface area contributed by atoms with Gasteiger partial charge in [-0.25, -0.2) is 9.37 Å². The summed E-state index contributed by atoms with van der Waals surface area (Å²) < 4.78 is 27.1. The lowest BCUT2D eigenvalue weighted by molar-refractivity contribution is -0.118. The second-order valence-corrected chi connectivity index (χ2v) is 8.80. The van der Waals surface area contributed by atoms with Gasteiger partial charge in [0.1, 0.15) is 5.52 Å². The van der Waals surface area contributed by atoms with E-state index in [2.05, 4.69) is 20.6 Å². The van der Waals surface area contributed by atoms with Crippen LogP contribution in [0.1, 0.15) is 31.4 Å². The second kappa shape index (κ2) is 10.6. The highest BCUT2D eigenvalue weighted by Crippen LogP contribution is 2.30. The molecule has 1 aliphatic carbocycles. The molecule has 0 saturated heterocycles. The number of hydrogen-bond acceptors (Lipinski definition) is 7. The van der Waals surface area contributed by atoms with E-state index in [-0.39, 0.29) is 36.2 Å². The van der Waals surface area contributed by atoms with Gasteiger partial charge in [0.2, 0.25) is 0 Å². The van der Waals surface area contributed by atoms with Crippen LogP contribution in [0.2, 0.25) is 0 Å². The van der Waals surface area contributed by atoms with Crippen molar-refractivity contribution < 1.29 is 18.7 Å². The van der Waals surface area contributed by atoms with Crippen LogP contribution in [-0.4, -0.2) is 39.7 Å². The summed E-state index contributed by atoms with van der Waals surface area (Å²) >= 11 is 0. The van der Waals surface area contributed by atoms with Crippen molar-refractivity contribution in [2.45, 2.75) is 38.3 Å². The number of amides is 1. The van der Waals surface area contributed by atoms with Gasteiger partial charge < -0.3 is 24.7 Å². The van der Waals surface area contributed by atoms with Crippen LogP contribution < -0.4 is 25.7 Å². The van der Waals surface area contributed by atoms with Gasteiger partial charge in [0.25, 0.3) is 11.5 Å². The zero-order chi connectivity index (χ0) is 23.7. The number of carbonyl (C=O) groups excluding carboxylic acids is 1. The molecule has 11 heteroatoms. The third-order valence-electron chi connectivity index (χ3n) is 6.46. The lowest BCUT2D eigenvalue weighted by Crippen LogP contribution is -2.34. The molecule has 9 nitrogen and oxygen atoms in total. The number of carbonyl (C=O) groups is 1. The molecule has 0 bridgehead atoms. The van der Waals surface area contributed by atoms with E-state index in [1.165, 1.54) is 10.6 Å². The van der Waals surface area contributed by atoms with Crippen molar-refractivity contribution in [2.75, 3.05) is 18.5 Å². The number of fused-ring (bicyclic) bond motifs is 2. The minimum absolute atomic E-state index is 0. The molecular weight excluding hydrogens is 477 g/mol. The fraction of sp³-hybridized carbons (Fsp3) is 0.417. The fourth-order valence-corrected chi connectivity index (χ4v) is 4.52. The first-order chi connectivity index (χ1) is 16.5. The highest BCUT2D eigenvalue weighted by atomic mass is 35.5. The molecule has 1 amide bonds. The van der Waals surface area contributed by atoms with Crippen LogP contribution in [0.25, 0.3) is 11.0 Å². The Kier molecular flexibility index (Phi) is 7.51. The Morgan fingerprint density at radius 2 is 2.00 bits per heavy atom. The van der Waals surface area contributed by atoms with E-state index in [0.29, 0.717) is 47.7 Å². The predicted molar refractivity (Wildman–Crippen MR) is 131 cm³/mol. The molecule has 1 saturated carbocycles. The average molecular weight is 504 g/mol. The Hall–Kier alpha value is -3.24. The van der Waals surface area contributed by atoms with Gasteiger partial charge in [0, 0.05) is 25.7 Å². The second-order valence-electron chi connectivity index (χ2n) is 8.80. The number of halogens is 2. The van der Waals surface area contributed by atoms with Crippen LogP contribution >= 0.6 is 12.4 Å². The molecule has 5 rings (SSSR count). The molecule has 3 aromatic rings. The third-order valence-corrected chi connectivity index (χ3v) is 6.46. The first-order valence-corrected chi connectivity index (χ1v) is 11.4. The van der Waals surface area contributed by atoms with Crippen LogP contribution in [0.4, 0.5) is 10.2 Å². The average Bonchev–Trinajstić information content (AvgIpc) is 2.85. The molecule has 0 aromatic carbocycles. The molecule has 186 valence electrons. The Labute approximate surface area is 207 Å². The largest absolute Gasteiger partial charge is 0.488 e. The number of rotatable bonds is 6. The summed E-state index contributed by atoms with van der Waals surface area (Å²) in [5, 5.41) is 6.26. The molecule has 1 aliphatic heterocycles. The fourth-order valence-electron chi connectivity index (χ4n) is 4.52. The lowest BCUT2D eigenvalue weighted by Gasteiger charge is -2.29. The molecule has 2 aliphatic rings. The maximum atomic E-state index is 14.5. The first-order valence-electron chi connectivity index (χ1n) is 11.4. The van der Waals surface area contributed by atoms with Gasteiger partial charge in [0.15, 0.2) is 29.7 Å². The summed E-state index contributed by atoms with van der Waals surface area (Å²) in [5.74, 6) is 0.665. The predicted octanol–water partition coefficient (Wildman–Crippen LogP) is 2.95. The summed E-state index contributed by atoms with van der Waals surface area (Å²) in [5.41, 5.74) is 1.50. The van der Waals surface area contributed by atoms with Gasteiger partial charge in [-0.05, 0) is 49.8 Å². The van der Waals surface area contributed by atoms with Gasteiger partial charge in [-0.2, -0.15) is 0 Å². The first kappa shape index (κ1) is 24.9. The van der Waals surface area contributed by atoms with Gasteiger partial charge >= 0.3 is 0 Å². The number of aryl methyl sites for hydroxylation is 1. The van der Waals surface area contributed by atoms with Crippen molar-refractivity contribution in [2.24, 2.45) is 13.0 Å². The number of hydrogen-bond donors (Lipinski definition) is 2. The normalized spacial score (nSPS) is 19.3. The Balaban J connectivity index is 0.00000289. The van der Waals surface area contributed by atoms with E-state index in [9.17, 15) is 14.0 Å². The van der Waals surface area contributed by atoms with Crippen molar-refractivity contribution in [3.8, 4) is 11.5 Å². The number of nitrogens with zero attached hydrogens (tertiary/aromatic N) is 3. The van der Waals surface area contributed by atoms with E-state index in [0.717, 1.165) is 37.6 Å². The Bertz CT molecular complexity index is 1290. The molecule has 0 spiro atoms. The molecule has 0 unspecified atom stereocenters. The van der Waals surface area contributed by atoms with Crippen molar-refractivity contribution in [1.82, 2.24) is 19.9 Å². The van der Waals surface area contributed by atoms with Crippen LogP contribution in [0.5, 0.6) is 11.5 Å². The molecular formula is C24H27ClFN5O4. The van der Waals surface area contributed by atoms with Gasteiger partial charge in [-0.15, -0.1) is 12.4 Å². The van der Waals surface area contributed by atoms with E-state index in [1.54, 1.807) is 13.1 Å². The van der Waals surface area contributed by atoms with Gasteiger partial charge in [-0.3, -0.25) is 14.6 Å². The zero-order valence-corrected chi connectivity index (χ0v) is 20.1. The van der Waals surface area contributed by atoms with E-state index in [4.69, 9.17) is 9.47 Å². The quantitative estimate of drug-likeness (QED) is 0.532. The highest BCUT2D eigenvalue weighted by molar-refractivity contribution is 5.94. The van der Waals surface area contributed by atoms with Crippen molar-refractivity contribution >= 4 is 35.2 Å². The third kappa shape index (κ3) is 5.38. The molecule has 4 heterocycles. The number of anilines is 1. The monoisotopic (exact) mass is 503 g/mol. The van der Waals surface area contributed by atoms with Crippen LogP contribution in [0, 0.1) is 11.7 Å². The minimum atomic E-state index is -0.566. The standard InChI is InChI=1S/C24H26FN5O4.ClH/c1-30-21(32)9-7-18-22(30)23(17(25)11-27-18)34-12-14-2-4-15(5-3-14)26-10-16-6-8-19-24(28-16)29-20(31)13-33-19;/h6-9,11,14-15,26H,2-5,10,12-13H2,1H3,(H,28,29,31);1H. The lowest BCUT2D eigenvalue weighted by atomic mass is 9.86. The van der Waals surface area contributed by atoms with Crippen molar-refractivity contribution in [3.05, 3.63) is 52.3 Å². The summed E-state index contributed by atoms with van der Waals surface area (Å²) in [6.07, 6.45) is 4.97. The van der Waals surface area contributed by atoms with Crippen molar-refractivity contribution in [3.63, 3.8) is 0 Å². The Morgan fingerprint density at radius 1 is 1.20 bits per heavy atom. The number of pyridine rings is 3. The summed E-state index contributed by atoms with van der Waals surface area (Å²) in [6, 6.07) is 7.06. The summed E-state index contributed by atoms with van der Waals surface area (Å²) in [4.78, 5) is 32.0. The van der Waals surface area contributed by atoms with Crippen LogP contribution in [-0.2, 0) is 18.4 Å². The van der Waals surface area contributed by atoms with Crippen molar-refractivity contribution in [1.29, 1.82) is 0 Å². The topological polar surface area (TPSA) is 107 Å². The maximum Gasteiger partial charge on any atom is 0.263 e. The molecule has 3 aromatic heterocycles. The number of aromatic nitrogens is 3. The smallest absolute Gasteiger partial charge is 0.263 e. The molecule has 35 heavy (non-hydrogen) atoms. The molecule has 2 N–H and O–H groups in total. The van der Waals surface area contributed by atoms with E-state index in [1.807, 2.05) is 12.1 Å². The van der Waals surface area contributed by atoms with Gasteiger partial charge in [-0.1, -0.05) is 0 Å². The maximum absolute atomic E-state index is 14.5. The number of ether oxygens (including phenoxy) is 2. The Morgan fingerprint density at radius 3 is 2.80 bits per heavy atom. The van der Waals surface area contributed by atoms with Crippen LogP contribution in [0.15, 0.2) is 35.3 Å². The minimum Gasteiger partial charge on any atom is -0.488 e. The molecule has 1 fully saturated rings. The summed E-state index contributed by atoms with van der Waals surface area (Å²) in [7, 11) is 1.59. The molecule has 0 atom stereocenters. The van der Waals surface area contributed by atoms with E-state index < -0.39 is 5.82 Å². The molecule has 0 radical (unpaired) electrons. The summed E-state index contributed by atoms with van der Waals surface area (Å²) in [6.45, 7) is 0.997. The SMILES string of the molecule is Cl.Cn1c(=O)ccc2ncc(F)c(OCC3CCC(NCc4ccc5c(n4)NC(=O)CO5)CC3)c21. The zero-order valence-electron chi connectivity index (χ0n) is 19.3. The van der Waals surface area contributed by atoms with E-state index >= 15 is 0 Å². The highest BCUT2D eigenvalue weighted by Gasteiger charge is 2.23. The number of nitrogens with one attached hydrogen (secondary N) is 2. The van der Waals surface area contributed by atoms with Crippen LogP contribution in [0.3, 0.4) is 0 Å². The van der Waals surface area contributed by atoms with Gasteiger partial charge in [0.05, 0.1) is 24.0 Å².